The molecule has 1 saturated heterocycles. The van der Waals surface area contributed by atoms with Crippen molar-refractivity contribution >= 4 is 11.6 Å². The number of rotatable bonds is 4. The number of carbonyl (C=O) groups excluding carboxylic acids is 1. The fourth-order valence-electron chi connectivity index (χ4n) is 2.93. The fraction of sp³-hybridized carbons (Fsp3) is 0.316. The molecular formula is C19H22N2O2. The molecule has 2 aromatic carbocycles. The Hall–Kier alpha value is -2.17. The molecule has 0 aromatic heterocycles. The minimum atomic E-state index is -0.291. The molecule has 1 amide bonds. The maximum atomic E-state index is 12.9. The average Bonchev–Trinajstić information content (AvgIpc) is 2.57. The number of aryl methyl sites for hydroxylation is 1. The molecule has 0 unspecified atom stereocenters. The van der Waals surface area contributed by atoms with E-state index in [1.165, 1.54) is 0 Å². The van der Waals surface area contributed by atoms with Crippen molar-refractivity contribution in [1.29, 1.82) is 0 Å². The topological polar surface area (TPSA) is 41.6 Å². The number of benzene rings is 2. The summed E-state index contributed by atoms with van der Waals surface area (Å²) in [6, 6.07) is 17.5. The van der Waals surface area contributed by atoms with Crippen LogP contribution in [-0.4, -0.2) is 37.1 Å². The molecule has 3 rings (SSSR count). The molecule has 120 valence electrons. The lowest BCUT2D eigenvalue weighted by atomic mass is 10.0. The van der Waals surface area contributed by atoms with Gasteiger partial charge < -0.3 is 10.1 Å². The van der Waals surface area contributed by atoms with Gasteiger partial charge in [-0.25, -0.2) is 0 Å². The summed E-state index contributed by atoms with van der Waals surface area (Å²) in [5.41, 5.74) is 2.98. The van der Waals surface area contributed by atoms with Crippen LogP contribution in [0.25, 0.3) is 0 Å². The zero-order valence-electron chi connectivity index (χ0n) is 13.4. The highest BCUT2D eigenvalue weighted by Gasteiger charge is 2.28. The van der Waals surface area contributed by atoms with Crippen LogP contribution in [0.15, 0.2) is 54.6 Å². The fourth-order valence-corrected chi connectivity index (χ4v) is 2.93. The third-order valence-electron chi connectivity index (χ3n) is 4.06. The van der Waals surface area contributed by atoms with Crippen LogP contribution in [0.4, 0.5) is 5.69 Å². The lowest BCUT2D eigenvalue weighted by Crippen LogP contribution is -2.43. The molecular weight excluding hydrogens is 288 g/mol. The number of amides is 1. The van der Waals surface area contributed by atoms with E-state index in [-0.39, 0.29) is 11.9 Å². The van der Waals surface area contributed by atoms with Gasteiger partial charge in [-0.3, -0.25) is 9.69 Å². The number of hydrogen-bond acceptors (Lipinski definition) is 3. The van der Waals surface area contributed by atoms with Gasteiger partial charge in [0.2, 0.25) is 5.91 Å². The van der Waals surface area contributed by atoms with E-state index in [4.69, 9.17) is 4.74 Å². The Balaban J connectivity index is 1.83. The Kier molecular flexibility index (Phi) is 5.05. The molecule has 1 atom stereocenters. The van der Waals surface area contributed by atoms with Gasteiger partial charge in [-0.1, -0.05) is 42.5 Å². The summed E-state index contributed by atoms with van der Waals surface area (Å²) in [5.74, 6) is 0.00343. The normalized spacial score (nSPS) is 16.7. The van der Waals surface area contributed by atoms with Crippen LogP contribution < -0.4 is 5.32 Å². The zero-order chi connectivity index (χ0) is 16.1. The predicted octanol–water partition coefficient (Wildman–Crippen LogP) is 3.01. The molecule has 4 heteroatoms. The van der Waals surface area contributed by atoms with Gasteiger partial charge in [0.05, 0.1) is 13.2 Å². The highest BCUT2D eigenvalue weighted by atomic mass is 16.5. The van der Waals surface area contributed by atoms with Crippen molar-refractivity contribution in [3.8, 4) is 0 Å². The molecule has 0 saturated carbocycles. The number of morpholine rings is 1. The first-order valence-electron chi connectivity index (χ1n) is 7.98. The summed E-state index contributed by atoms with van der Waals surface area (Å²) in [5, 5.41) is 3.06. The Morgan fingerprint density at radius 3 is 2.52 bits per heavy atom. The molecule has 0 bridgehead atoms. The molecule has 2 aromatic rings. The van der Waals surface area contributed by atoms with E-state index in [1.807, 2.05) is 61.5 Å². The summed E-state index contributed by atoms with van der Waals surface area (Å²) in [6.07, 6.45) is 0. The van der Waals surface area contributed by atoms with E-state index in [2.05, 4.69) is 10.2 Å². The van der Waals surface area contributed by atoms with Gasteiger partial charge in [-0.15, -0.1) is 0 Å². The summed E-state index contributed by atoms with van der Waals surface area (Å²) in [6.45, 7) is 4.88. The first kappa shape index (κ1) is 15.7. The third kappa shape index (κ3) is 3.97. The van der Waals surface area contributed by atoms with Crippen LogP contribution in [0.3, 0.4) is 0 Å². The minimum absolute atomic E-state index is 0.00343. The van der Waals surface area contributed by atoms with E-state index in [0.717, 1.165) is 29.9 Å². The number of anilines is 1. The number of carbonyl (C=O) groups is 1. The molecule has 0 aliphatic carbocycles. The SMILES string of the molecule is Cc1cccc(NC(=O)[C@H](c2ccccc2)N2CCOCC2)c1. The van der Waals surface area contributed by atoms with Crippen molar-refractivity contribution in [3.05, 3.63) is 65.7 Å². The first-order valence-corrected chi connectivity index (χ1v) is 7.98. The molecule has 23 heavy (non-hydrogen) atoms. The van der Waals surface area contributed by atoms with Gasteiger partial charge in [-0.2, -0.15) is 0 Å². The minimum Gasteiger partial charge on any atom is -0.379 e. The number of nitrogens with zero attached hydrogens (tertiary/aromatic N) is 1. The highest BCUT2D eigenvalue weighted by molar-refractivity contribution is 5.95. The third-order valence-corrected chi connectivity index (χ3v) is 4.06. The lowest BCUT2D eigenvalue weighted by Gasteiger charge is -2.33. The average molecular weight is 310 g/mol. The first-order chi connectivity index (χ1) is 11.2. The number of ether oxygens (including phenoxy) is 1. The van der Waals surface area contributed by atoms with Crippen molar-refractivity contribution in [3.63, 3.8) is 0 Å². The quantitative estimate of drug-likeness (QED) is 0.944. The monoisotopic (exact) mass is 310 g/mol. The molecule has 0 radical (unpaired) electrons. The maximum absolute atomic E-state index is 12.9. The van der Waals surface area contributed by atoms with Gasteiger partial charge in [0.15, 0.2) is 0 Å². The summed E-state index contributed by atoms with van der Waals surface area (Å²) in [7, 11) is 0. The molecule has 1 aliphatic rings. The molecule has 0 spiro atoms. The molecule has 4 nitrogen and oxygen atoms in total. The van der Waals surface area contributed by atoms with Gasteiger partial charge in [0, 0.05) is 18.8 Å². The molecule has 1 fully saturated rings. The van der Waals surface area contributed by atoms with E-state index in [0.29, 0.717) is 13.2 Å². The largest absolute Gasteiger partial charge is 0.379 e. The van der Waals surface area contributed by atoms with Crippen LogP contribution in [0, 0.1) is 6.92 Å². The molecule has 1 heterocycles. The van der Waals surface area contributed by atoms with Crippen LogP contribution in [0.2, 0.25) is 0 Å². The summed E-state index contributed by atoms with van der Waals surface area (Å²) < 4.78 is 5.43. The molecule has 1 aliphatic heterocycles. The second kappa shape index (κ2) is 7.40. The number of nitrogens with one attached hydrogen (secondary N) is 1. The van der Waals surface area contributed by atoms with Crippen molar-refractivity contribution in [1.82, 2.24) is 4.90 Å². The van der Waals surface area contributed by atoms with Crippen LogP contribution in [-0.2, 0) is 9.53 Å². The van der Waals surface area contributed by atoms with E-state index < -0.39 is 0 Å². The predicted molar refractivity (Wildman–Crippen MR) is 91.4 cm³/mol. The van der Waals surface area contributed by atoms with Crippen LogP contribution in [0.1, 0.15) is 17.2 Å². The Bertz CT molecular complexity index is 651. The van der Waals surface area contributed by atoms with Crippen molar-refractivity contribution in [2.45, 2.75) is 13.0 Å². The zero-order valence-corrected chi connectivity index (χ0v) is 13.4. The van der Waals surface area contributed by atoms with Gasteiger partial charge in [0.25, 0.3) is 0 Å². The smallest absolute Gasteiger partial charge is 0.246 e. The maximum Gasteiger partial charge on any atom is 0.246 e. The van der Waals surface area contributed by atoms with E-state index in [9.17, 15) is 4.79 Å². The number of hydrogen-bond donors (Lipinski definition) is 1. The summed E-state index contributed by atoms with van der Waals surface area (Å²) in [4.78, 5) is 15.1. The van der Waals surface area contributed by atoms with Crippen molar-refractivity contribution < 1.29 is 9.53 Å². The van der Waals surface area contributed by atoms with Gasteiger partial charge in [0.1, 0.15) is 6.04 Å². The van der Waals surface area contributed by atoms with Crippen LogP contribution >= 0.6 is 0 Å². The van der Waals surface area contributed by atoms with Crippen molar-refractivity contribution in [2.24, 2.45) is 0 Å². The Morgan fingerprint density at radius 1 is 1.09 bits per heavy atom. The second-order valence-corrected chi connectivity index (χ2v) is 5.82. The van der Waals surface area contributed by atoms with Gasteiger partial charge >= 0.3 is 0 Å². The molecule has 1 N–H and O–H groups in total. The van der Waals surface area contributed by atoms with Gasteiger partial charge in [-0.05, 0) is 30.2 Å². The Morgan fingerprint density at radius 2 is 1.83 bits per heavy atom. The Labute approximate surface area is 137 Å². The summed E-state index contributed by atoms with van der Waals surface area (Å²) >= 11 is 0. The van der Waals surface area contributed by atoms with E-state index in [1.54, 1.807) is 0 Å². The van der Waals surface area contributed by atoms with E-state index >= 15 is 0 Å². The second-order valence-electron chi connectivity index (χ2n) is 5.82. The highest BCUT2D eigenvalue weighted by Crippen LogP contribution is 2.24. The lowest BCUT2D eigenvalue weighted by molar-refractivity contribution is -0.123. The van der Waals surface area contributed by atoms with Crippen molar-refractivity contribution in [2.75, 3.05) is 31.6 Å². The van der Waals surface area contributed by atoms with Crippen LogP contribution in [0.5, 0.6) is 0 Å². The standard InChI is InChI=1S/C19H22N2O2/c1-15-6-5-9-17(14-15)20-19(22)18(16-7-3-2-4-8-16)21-10-12-23-13-11-21/h2-9,14,18H,10-13H2,1H3,(H,20,22)/t18-/m0/s1.